The summed E-state index contributed by atoms with van der Waals surface area (Å²) in [6.07, 6.45) is 1.66. The molecule has 3 rings (SSSR count). The number of aromatic nitrogens is 2. The molecule has 2 heterocycles. The van der Waals surface area contributed by atoms with Gasteiger partial charge in [-0.2, -0.15) is 0 Å². The summed E-state index contributed by atoms with van der Waals surface area (Å²) in [7, 11) is 5.63. The number of pyridine rings is 1. The molecule has 6 nitrogen and oxygen atoms in total. The van der Waals surface area contributed by atoms with Crippen molar-refractivity contribution in [1.82, 2.24) is 15.0 Å². The van der Waals surface area contributed by atoms with Crippen molar-refractivity contribution in [2.45, 2.75) is 0 Å². The Morgan fingerprint density at radius 1 is 1.26 bits per heavy atom. The fourth-order valence-electron chi connectivity index (χ4n) is 2.28. The molecule has 0 fully saturated rings. The molecule has 0 saturated heterocycles. The lowest BCUT2D eigenvalue weighted by Crippen LogP contribution is -2.25. The summed E-state index contributed by atoms with van der Waals surface area (Å²) < 4.78 is 3.08. The van der Waals surface area contributed by atoms with Crippen molar-refractivity contribution in [1.29, 1.82) is 0 Å². The van der Waals surface area contributed by atoms with Gasteiger partial charge in [0.1, 0.15) is 5.82 Å². The quantitative estimate of drug-likeness (QED) is 0.748. The minimum Gasteiger partial charge on any atom is -0.362 e. The van der Waals surface area contributed by atoms with E-state index in [4.69, 9.17) is 0 Å². The molecule has 1 N–H and O–H groups in total. The average molecular weight is 327 g/mol. The highest BCUT2D eigenvalue weighted by atomic mass is 32.1. The third-order valence-corrected chi connectivity index (χ3v) is 4.54. The zero-order valence-corrected chi connectivity index (χ0v) is 14.0. The van der Waals surface area contributed by atoms with Gasteiger partial charge in [0.05, 0.1) is 15.8 Å². The number of fused-ring (bicyclic) bond motifs is 1. The number of nitrogens with one attached hydrogen (secondary N) is 1. The predicted octanol–water partition coefficient (Wildman–Crippen LogP) is 1.95. The number of nitrogens with zero attached hydrogens (tertiary/aromatic N) is 4. The number of hydrogen-bond donors (Lipinski definition) is 1. The number of benzene rings is 1. The molecule has 0 saturated carbocycles. The van der Waals surface area contributed by atoms with Gasteiger partial charge in [-0.1, -0.05) is 23.5 Å². The van der Waals surface area contributed by atoms with Crippen LogP contribution in [-0.2, 0) is 7.05 Å². The molecule has 118 valence electrons. The molecule has 0 bridgehead atoms. The van der Waals surface area contributed by atoms with Crippen molar-refractivity contribution in [2.24, 2.45) is 12.1 Å². The monoisotopic (exact) mass is 327 g/mol. The second kappa shape index (κ2) is 6.21. The van der Waals surface area contributed by atoms with Gasteiger partial charge < -0.3 is 9.47 Å². The van der Waals surface area contributed by atoms with Crippen LogP contribution >= 0.6 is 11.3 Å². The highest BCUT2D eigenvalue weighted by Gasteiger charge is 2.13. The smallest absolute Gasteiger partial charge is 0.275 e. The summed E-state index contributed by atoms with van der Waals surface area (Å²) in [6, 6.07) is 11.5. The minimum atomic E-state index is -0.278. The summed E-state index contributed by atoms with van der Waals surface area (Å²) in [6.45, 7) is 0. The highest BCUT2D eigenvalue weighted by Crippen LogP contribution is 2.16. The van der Waals surface area contributed by atoms with Crippen LogP contribution in [0.15, 0.2) is 47.7 Å². The first kappa shape index (κ1) is 15.2. The van der Waals surface area contributed by atoms with Crippen LogP contribution in [0.25, 0.3) is 10.2 Å². The van der Waals surface area contributed by atoms with Gasteiger partial charge >= 0.3 is 0 Å². The Bertz CT molecular complexity index is 925. The summed E-state index contributed by atoms with van der Waals surface area (Å²) >= 11 is 1.53. The summed E-state index contributed by atoms with van der Waals surface area (Å²) in [5.41, 5.74) is 4.20. The Morgan fingerprint density at radius 3 is 2.78 bits per heavy atom. The Kier molecular flexibility index (Phi) is 4.12. The molecule has 23 heavy (non-hydrogen) atoms. The highest BCUT2D eigenvalue weighted by molar-refractivity contribution is 7.16. The Morgan fingerprint density at radius 2 is 2.04 bits per heavy atom. The van der Waals surface area contributed by atoms with Crippen molar-refractivity contribution < 1.29 is 4.79 Å². The summed E-state index contributed by atoms with van der Waals surface area (Å²) in [5, 5.41) is 4.26. The first-order valence-corrected chi connectivity index (χ1v) is 7.90. The van der Waals surface area contributed by atoms with E-state index in [-0.39, 0.29) is 5.91 Å². The largest absolute Gasteiger partial charge is 0.362 e. The van der Waals surface area contributed by atoms with Crippen LogP contribution in [0.4, 0.5) is 5.82 Å². The van der Waals surface area contributed by atoms with E-state index in [1.165, 1.54) is 11.3 Å². The van der Waals surface area contributed by atoms with Crippen molar-refractivity contribution in [2.75, 3.05) is 19.0 Å². The third-order valence-electron chi connectivity index (χ3n) is 3.42. The summed E-state index contributed by atoms with van der Waals surface area (Å²) in [4.78, 5) is 19.2. The van der Waals surface area contributed by atoms with E-state index in [0.29, 0.717) is 11.4 Å². The van der Waals surface area contributed by atoms with E-state index in [2.05, 4.69) is 15.5 Å². The van der Waals surface area contributed by atoms with Gasteiger partial charge in [-0.15, -0.1) is 5.10 Å². The fraction of sp³-hybridized carbons (Fsp3) is 0.188. The SMILES string of the molecule is CN(C)c1ncccc1C(=O)NN=c1sc2ccccc2n1C. The number of rotatable bonds is 3. The number of thiazole rings is 1. The van der Waals surface area contributed by atoms with Crippen LogP contribution in [0, 0.1) is 0 Å². The molecular formula is C16H17N5OS. The van der Waals surface area contributed by atoms with Crippen molar-refractivity contribution in [3.05, 3.63) is 53.0 Å². The van der Waals surface area contributed by atoms with Gasteiger partial charge in [0, 0.05) is 27.3 Å². The van der Waals surface area contributed by atoms with Gasteiger partial charge in [-0.3, -0.25) is 4.79 Å². The molecule has 0 radical (unpaired) electrons. The minimum absolute atomic E-state index is 0.278. The van der Waals surface area contributed by atoms with E-state index in [9.17, 15) is 4.79 Å². The average Bonchev–Trinajstić information content (AvgIpc) is 2.89. The molecule has 0 unspecified atom stereocenters. The lowest BCUT2D eigenvalue weighted by Gasteiger charge is -2.14. The third kappa shape index (κ3) is 2.95. The molecule has 0 atom stereocenters. The molecule has 2 aromatic heterocycles. The van der Waals surface area contributed by atoms with Gasteiger partial charge in [0.25, 0.3) is 5.91 Å². The molecule has 0 aliphatic rings. The van der Waals surface area contributed by atoms with Crippen LogP contribution in [0.1, 0.15) is 10.4 Å². The Hall–Kier alpha value is -2.67. The zero-order valence-electron chi connectivity index (χ0n) is 13.1. The van der Waals surface area contributed by atoms with E-state index >= 15 is 0 Å². The summed E-state index contributed by atoms with van der Waals surface area (Å²) in [5.74, 6) is 0.333. The van der Waals surface area contributed by atoms with E-state index in [1.807, 2.05) is 50.0 Å². The number of para-hydroxylation sites is 1. The first-order chi connectivity index (χ1) is 11.1. The Labute approximate surface area is 137 Å². The molecule has 7 heteroatoms. The van der Waals surface area contributed by atoms with Crippen LogP contribution in [0.2, 0.25) is 0 Å². The van der Waals surface area contributed by atoms with Crippen LogP contribution in [0.5, 0.6) is 0 Å². The number of anilines is 1. The topological polar surface area (TPSA) is 62.5 Å². The van der Waals surface area contributed by atoms with Crippen LogP contribution in [0.3, 0.4) is 0 Å². The molecule has 0 aliphatic carbocycles. The van der Waals surface area contributed by atoms with Gasteiger partial charge in [-0.25, -0.2) is 10.4 Å². The number of aryl methyl sites for hydroxylation is 1. The lowest BCUT2D eigenvalue weighted by molar-refractivity contribution is 0.0953. The standard InChI is InChI=1S/C16H17N5OS/c1-20(2)14-11(7-6-10-17-14)15(22)18-19-16-21(3)12-8-4-5-9-13(12)23-16/h4-10H,1-3H3,(H,18,22). The van der Waals surface area contributed by atoms with Gasteiger partial charge in [0.2, 0.25) is 4.80 Å². The fourth-order valence-corrected chi connectivity index (χ4v) is 3.26. The molecule has 1 aromatic carbocycles. The lowest BCUT2D eigenvalue weighted by atomic mass is 10.2. The zero-order chi connectivity index (χ0) is 16.4. The maximum atomic E-state index is 12.4. The molecule has 0 aliphatic heterocycles. The number of carbonyl (C=O) groups excluding carboxylic acids is 1. The maximum Gasteiger partial charge on any atom is 0.275 e. The van der Waals surface area contributed by atoms with Crippen molar-refractivity contribution >= 4 is 33.3 Å². The normalized spacial score (nSPS) is 11.7. The molecule has 1 amide bonds. The van der Waals surface area contributed by atoms with Gasteiger partial charge in [-0.05, 0) is 24.3 Å². The molecule has 3 aromatic rings. The van der Waals surface area contributed by atoms with E-state index in [1.54, 1.807) is 23.2 Å². The van der Waals surface area contributed by atoms with Crippen molar-refractivity contribution in [3.8, 4) is 0 Å². The van der Waals surface area contributed by atoms with E-state index in [0.717, 1.165) is 15.0 Å². The number of amides is 1. The van der Waals surface area contributed by atoms with Crippen molar-refractivity contribution in [3.63, 3.8) is 0 Å². The molecule has 0 spiro atoms. The predicted molar refractivity (Wildman–Crippen MR) is 92.4 cm³/mol. The Balaban J connectivity index is 1.93. The first-order valence-electron chi connectivity index (χ1n) is 7.09. The van der Waals surface area contributed by atoms with Crippen LogP contribution < -0.4 is 15.1 Å². The second-order valence-electron chi connectivity index (χ2n) is 5.23. The number of carbonyl (C=O) groups is 1. The second-order valence-corrected chi connectivity index (χ2v) is 6.24. The maximum absolute atomic E-state index is 12.4. The number of hydrogen-bond acceptors (Lipinski definition) is 5. The van der Waals surface area contributed by atoms with E-state index < -0.39 is 0 Å². The molecular weight excluding hydrogens is 310 g/mol. The van der Waals surface area contributed by atoms with Crippen LogP contribution in [-0.4, -0.2) is 29.6 Å². The van der Waals surface area contributed by atoms with Gasteiger partial charge in [0.15, 0.2) is 0 Å².